The summed E-state index contributed by atoms with van der Waals surface area (Å²) < 4.78 is 5.75. The second-order valence-electron chi connectivity index (χ2n) is 6.03. The second kappa shape index (κ2) is 7.67. The summed E-state index contributed by atoms with van der Waals surface area (Å²) in [7, 11) is 1.73. The number of urea groups is 1. The van der Waals surface area contributed by atoms with Gasteiger partial charge in [-0.2, -0.15) is 5.10 Å². The van der Waals surface area contributed by atoms with E-state index in [1.807, 2.05) is 37.3 Å². The summed E-state index contributed by atoms with van der Waals surface area (Å²) >= 11 is 0. The van der Waals surface area contributed by atoms with Crippen molar-refractivity contribution in [2.24, 2.45) is 5.92 Å². The molecule has 0 saturated carbocycles. The highest BCUT2D eigenvalue weighted by Crippen LogP contribution is 2.24. The first-order valence-electron chi connectivity index (χ1n) is 7.70. The van der Waals surface area contributed by atoms with E-state index in [-0.39, 0.29) is 6.03 Å². The molecule has 1 aromatic carbocycles. The Kier molecular flexibility index (Phi) is 5.62. The first-order chi connectivity index (χ1) is 11.0. The van der Waals surface area contributed by atoms with Gasteiger partial charge < -0.3 is 15.0 Å². The van der Waals surface area contributed by atoms with E-state index in [0.29, 0.717) is 30.5 Å². The van der Waals surface area contributed by atoms with E-state index in [0.717, 1.165) is 11.4 Å². The highest BCUT2D eigenvalue weighted by atomic mass is 16.5. The smallest absolute Gasteiger partial charge is 0.322 e. The Balaban J connectivity index is 1.99. The Morgan fingerprint density at radius 1 is 1.39 bits per heavy atom. The fourth-order valence-electron chi connectivity index (χ4n) is 2.03. The number of nitrogens with one attached hydrogen (secondary N) is 2. The number of hydrogen-bond donors (Lipinski definition) is 2. The molecule has 0 atom stereocenters. The van der Waals surface area contributed by atoms with Crippen LogP contribution in [0, 0.1) is 12.8 Å². The second-order valence-corrected chi connectivity index (χ2v) is 6.03. The van der Waals surface area contributed by atoms with Crippen LogP contribution in [0.4, 0.5) is 10.5 Å². The van der Waals surface area contributed by atoms with E-state index < -0.39 is 0 Å². The minimum absolute atomic E-state index is 0.203. The van der Waals surface area contributed by atoms with Gasteiger partial charge in [-0.3, -0.25) is 5.10 Å². The van der Waals surface area contributed by atoms with E-state index in [4.69, 9.17) is 4.74 Å². The van der Waals surface area contributed by atoms with Crippen LogP contribution in [0.15, 0.2) is 30.3 Å². The molecule has 0 saturated heterocycles. The first-order valence-corrected chi connectivity index (χ1v) is 7.70. The molecule has 0 aliphatic heterocycles. The Labute approximate surface area is 136 Å². The number of anilines is 1. The van der Waals surface area contributed by atoms with Gasteiger partial charge in [0.25, 0.3) is 0 Å². The van der Waals surface area contributed by atoms with Crippen molar-refractivity contribution in [2.75, 3.05) is 19.0 Å². The molecule has 1 heterocycles. The predicted molar refractivity (Wildman–Crippen MR) is 90.6 cm³/mol. The number of para-hydroxylation sites is 2. The molecule has 6 nitrogen and oxygen atoms in total. The molecule has 2 amide bonds. The van der Waals surface area contributed by atoms with Gasteiger partial charge in [-0.1, -0.05) is 26.0 Å². The lowest BCUT2D eigenvalue weighted by molar-refractivity contribution is 0.219. The molecule has 0 aliphatic carbocycles. The first kappa shape index (κ1) is 16.9. The fourth-order valence-corrected chi connectivity index (χ4v) is 2.03. The average Bonchev–Trinajstić information content (AvgIpc) is 2.91. The number of carbonyl (C=O) groups is 1. The molecule has 2 N–H and O–H groups in total. The highest BCUT2D eigenvalue weighted by Gasteiger charge is 2.13. The van der Waals surface area contributed by atoms with Crippen LogP contribution in [0.3, 0.4) is 0 Å². The Hall–Kier alpha value is -2.50. The SMILES string of the molecule is Cc1cc(CN(C)C(=O)Nc2ccccc2OCC(C)C)n[nH]1. The van der Waals surface area contributed by atoms with Crippen LogP contribution in [-0.4, -0.2) is 34.8 Å². The summed E-state index contributed by atoms with van der Waals surface area (Å²) in [6.07, 6.45) is 0. The number of carbonyl (C=O) groups excluding carboxylic acids is 1. The lowest BCUT2D eigenvalue weighted by atomic mass is 10.2. The van der Waals surface area contributed by atoms with Crippen LogP contribution in [0.1, 0.15) is 25.2 Å². The van der Waals surface area contributed by atoms with Gasteiger partial charge in [0, 0.05) is 12.7 Å². The molecule has 0 spiro atoms. The monoisotopic (exact) mass is 316 g/mol. The molecule has 2 aromatic rings. The topological polar surface area (TPSA) is 70.2 Å². The van der Waals surface area contributed by atoms with Crippen molar-refractivity contribution in [2.45, 2.75) is 27.3 Å². The normalized spacial score (nSPS) is 10.7. The summed E-state index contributed by atoms with van der Waals surface area (Å²) in [5, 5.41) is 9.90. The standard InChI is InChI=1S/C17H24N4O2/c1-12(2)11-23-16-8-6-5-7-15(16)18-17(22)21(4)10-14-9-13(3)19-20-14/h5-9,12H,10-11H2,1-4H3,(H,18,22)(H,19,20). The van der Waals surface area contributed by atoms with E-state index in [2.05, 4.69) is 29.4 Å². The number of aromatic nitrogens is 2. The average molecular weight is 316 g/mol. The molecule has 0 unspecified atom stereocenters. The molecular weight excluding hydrogens is 292 g/mol. The summed E-state index contributed by atoms with van der Waals surface area (Å²) in [5.41, 5.74) is 2.47. The quantitative estimate of drug-likeness (QED) is 0.858. The van der Waals surface area contributed by atoms with Gasteiger partial charge in [0.1, 0.15) is 5.75 Å². The Morgan fingerprint density at radius 2 is 2.13 bits per heavy atom. The molecule has 0 bridgehead atoms. The predicted octanol–water partition coefficient (Wildman–Crippen LogP) is 3.42. The lowest BCUT2D eigenvalue weighted by Crippen LogP contribution is -2.31. The summed E-state index contributed by atoms with van der Waals surface area (Å²) in [6.45, 7) is 7.14. The number of aromatic amines is 1. The van der Waals surface area contributed by atoms with Crippen LogP contribution < -0.4 is 10.1 Å². The van der Waals surface area contributed by atoms with Crippen molar-refractivity contribution in [3.05, 3.63) is 41.7 Å². The van der Waals surface area contributed by atoms with Gasteiger partial charge in [0.15, 0.2) is 0 Å². The van der Waals surface area contributed by atoms with Crippen molar-refractivity contribution >= 4 is 11.7 Å². The number of H-pyrrole nitrogens is 1. The zero-order valence-electron chi connectivity index (χ0n) is 14.1. The van der Waals surface area contributed by atoms with Gasteiger partial charge in [-0.15, -0.1) is 0 Å². The fraction of sp³-hybridized carbons (Fsp3) is 0.412. The lowest BCUT2D eigenvalue weighted by Gasteiger charge is -2.19. The third-order valence-corrected chi connectivity index (χ3v) is 3.21. The molecule has 23 heavy (non-hydrogen) atoms. The minimum Gasteiger partial charge on any atom is -0.491 e. The zero-order valence-corrected chi connectivity index (χ0v) is 14.1. The van der Waals surface area contributed by atoms with Crippen LogP contribution in [0.2, 0.25) is 0 Å². The Bertz CT molecular complexity index is 652. The number of benzene rings is 1. The van der Waals surface area contributed by atoms with Crippen LogP contribution in [-0.2, 0) is 6.54 Å². The Morgan fingerprint density at radius 3 is 2.78 bits per heavy atom. The number of aryl methyl sites for hydroxylation is 1. The third-order valence-electron chi connectivity index (χ3n) is 3.21. The summed E-state index contributed by atoms with van der Waals surface area (Å²) in [4.78, 5) is 13.9. The zero-order chi connectivity index (χ0) is 16.8. The number of hydrogen-bond acceptors (Lipinski definition) is 3. The van der Waals surface area contributed by atoms with Crippen molar-refractivity contribution in [3.63, 3.8) is 0 Å². The molecule has 2 rings (SSSR count). The molecule has 6 heteroatoms. The maximum atomic E-state index is 12.3. The van der Waals surface area contributed by atoms with Crippen molar-refractivity contribution < 1.29 is 9.53 Å². The van der Waals surface area contributed by atoms with Crippen molar-refractivity contribution in [1.82, 2.24) is 15.1 Å². The maximum absolute atomic E-state index is 12.3. The molecule has 124 valence electrons. The van der Waals surface area contributed by atoms with E-state index in [1.165, 1.54) is 0 Å². The van der Waals surface area contributed by atoms with Crippen LogP contribution >= 0.6 is 0 Å². The van der Waals surface area contributed by atoms with E-state index >= 15 is 0 Å². The molecular formula is C17H24N4O2. The van der Waals surface area contributed by atoms with Crippen LogP contribution in [0.25, 0.3) is 0 Å². The third kappa shape index (κ3) is 5.02. The van der Waals surface area contributed by atoms with Gasteiger partial charge in [0.2, 0.25) is 0 Å². The van der Waals surface area contributed by atoms with Gasteiger partial charge in [0.05, 0.1) is 24.5 Å². The highest BCUT2D eigenvalue weighted by molar-refractivity contribution is 5.90. The number of rotatable bonds is 6. The van der Waals surface area contributed by atoms with E-state index in [9.17, 15) is 4.79 Å². The molecule has 1 aromatic heterocycles. The molecule has 0 fully saturated rings. The van der Waals surface area contributed by atoms with Gasteiger partial charge >= 0.3 is 6.03 Å². The summed E-state index contributed by atoms with van der Waals surface area (Å²) in [6, 6.07) is 9.17. The van der Waals surface area contributed by atoms with Crippen LogP contribution in [0.5, 0.6) is 5.75 Å². The largest absolute Gasteiger partial charge is 0.491 e. The minimum atomic E-state index is -0.203. The summed E-state index contributed by atoms with van der Waals surface area (Å²) in [5.74, 6) is 1.10. The number of ether oxygens (including phenoxy) is 1. The molecule has 0 radical (unpaired) electrons. The van der Waals surface area contributed by atoms with Gasteiger partial charge in [-0.25, -0.2) is 4.79 Å². The van der Waals surface area contributed by atoms with Crippen molar-refractivity contribution in [3.8, 4) is 5.75 Å². The van der Waals surface area contributed by atoms with Gasteiger partial charge in [-0.05, 0) is 31.0 Å². The number of nitrogens with zero attached hydrogens (tertiary/aromatic N) is 2. The maximum Gasteiger partial charge on any atom is 0.322 e. The molecule has 0 aliphatic rings. The number of amides is 2. The van der Waals surface area contributed by atoms with E-state index in [1.54, 1.807) is 11.9 Å². The van der Waals surface area contributed by atoms with Crippen molar-refractivity contribution in [1.29, 1.82) is 0 Å².